The van der Waals surface area contributed by atoms with Gasteiger partial charge in [0.2, 0.25) is 10.1 Å². The van der Waals surface area contributed by atoms with E-state index in [1.54, 1.807) is 0 Å². The summed E-state index contributed by atoms with van der Waals surface area (Å²) in [4.78, 5) is 11.8. The highest BCUT2D eigenvalue weighted by molar-refractivity contribution is 7.91. The van der Waals surface area contributed by atoms with Crippen LogP contribution in [-0.2, 0) is 9.84 Å². The molecule has 9 heteroatoms. The second-order valence-corrected chi connectivity index (χ2v) is 7.22. The summed E-state index contributed by atoms with van der Waals surface area (Å²) in [5.74, 6) is -0.215. The molecule has 1 saturated heterocycles. The summed E-state index contributed by atoms with van der Waals surface area (Å²) in [6.45, 7) is 2.63. The fourth-order valence-electron chi connectivity index (χ4n) is 1.69. The third-order valence-electron chi connectivity index (χ3n) is 2.51. The predicted molar refractivity (Wildman–Crippen MR) is 68.6 cm³/mol. The Balaban J connectivity index is 1.95. The van der Waals surface area contributed by atoms with Crippen LogP contribution in [0.2, 0.25) is 0 Å². The van der Waals surface area contributed by atoms with Gasteiger partial charge in [-0.1, -0.05) is 11.3 Å². The zero-order valence-corrected chi connectivity index (χ0v) is 11.5. The van der Waals surface area contributed by atoms with Gasteiger partial charge in [-0.3, -0.25) is 4.79 Å². The SMILES string of the molecule is CCNc1nnc(C(=O)NC2CCS(=O)(=O)C2)s1. The highest BCUT2D eigenvalue weighted by Crippen LogP contribution is 2.16. The molecule has 1 atom stereocenters. The minimum absolute atomic E-state index is 0.0115. The molecule has 2 rings (SSSR count). The van der Waals surface area contributed by atoms with Crippen LogP contribution in [0.25, 0.3) is 0 Å². The summed E-state index contributed by atoms with van der Waals surface area (Å²) < 4.78 is 22.5. The average Bonchev–Trinajstić information content (AvgIpc) is 2.86. The van der Waals surface area contributed by atoms with E-state index in [1.165, 1.54) is 0 Å². The van der Waals surface area contributed by atoms with Crippen molar-refractivity contribution in [2.24, 2.45) is 0 Å². The van der Waals surface area contributed by atoms with Crippen molar-refractivity contribution in [2.45, 2.75) is 19.4 Å². The van der Waals surface area contributed by atoms with E-state index in [9.17, 15) is 13.2 Å². The van der Waals surface area contributed by atoms with E-state index in [0.717, 1.165) is 11.3 Å². The zero-order chi connectivity index (χ0) is 13.2. The molecule has 0 saturated carbocycles. The van der Waals surface area contributed by atoms with E-state index in [-0.39, 0.29) is 28.5 Å². The summed E-state index contributed by atoms with van der Waals surface area (Å²) in [7, 11) is -2.99. The average molecular weight is 290 g/mol. The van der Waals surface area contributed by atoms with Crippen molar-refractivity contribution in [3.05, 3.63) is 5.01 Å². The second-order valence-electron chi connectivity index (χ2n) is 4.02. The van der Waals surface area contributed by atoms with Crippen molar-refractivity contribution in [3.63, 3.8) is 0 Å². The van der Waals surface area contributed by atoms with Crippen molar-refractivity contribution < 1.29 is 13.2 Å². The van der Waals surface area contributed by atoms with Gasteiger partial charge in [-0.2, -0.15) is 0 Å². The molecule has 0 aliphatic carbocycles. The molecule has 0 aromatic carbocycles. The molecule has 2 N–H and O–H groups in total. The number of anilines is 1. The number of hydrogen-bond donors (Lipinski definition) is 2. The Morgan fingerprint density at radius 1 is 1.50 bits per heavy atom. The Bertz CT molecular complexity index is 540. The van der Waals surface area contributed by atoms with Crippen molar-refractivity contribution in [2.75, 3.05) is 23.4 Å². The summed E-state index contributed by atoms with van der Waals surface area (Å²) in [6.07, 6.45) is 0.465. The topological polar surface area (TPSA) is 101 Å². The number of carbonyl (C=O) groups excluding carboxylic acids is 1. The summed E-state index contributed by atoms with van der Waals surface area (Å²) in [6, 6.07) is -0.311. The van der Waals surface area contributed by atoms with Crippen LogP contribution in [0.5, 0.6) is 0 Å². The van der Waals surface area contributed by atoms with Gasteiger partial charge in [0.1, 0.15) is 0 Å². The van der Waals surface area contributed by atoms with Crippen LogP contribution in [0.3, 0.4) is 0 Å². The molecule has 2 heterocycles. The number of aromatic nitrogens is 2. The number of hydrogen-bond acceptors (Lipinski definition) is 7. The number of carbonyl (C=O) groups is 1. The van der Waals surface area contributed by atoms with Crippen LogP contribution in [0.4, 0.5) is 5.13 Å². The van der Waals surface area contributed by atoms with E-state index >= 15 is 0 Å². The fraction of sp³-hybridized carbons (Fsp3) is 0.667. The first-order valence-electron chi connectivity index (χ1n) is 5.59. The lowest BCUT2D eigenvalue weighted by atomic mass is 10.2. The van der Waals surface area contributed by atoms with E-state index in [4.69, 9.17) is 0 Å². The number of sulfone groups is 1. The molecule has 100 valence electrons. The van der Waals surface area contributed by atoms with Gasteiger partial charge in [-0.15, -0.1) is 10.2 Å². The number of nitrogens with zero attached hydrogens (tertiary/aromatic N) is 2. The standard InChI is InChI=1S/C9H14N4O3S2/c1-2-10-9-13-12-8(17-9)7(14)11-6-3-4-18(15,16)5-6/h6H,2-5H2,1H3,(H,10,13)(H,11,14). The maximum atomic E-state index is 11.8. The van der Waals surface area contributed by atoms with Gasteiger partial charge in [0.25, 0.3) is 5.91 Å². The highest BCUT2D eigenvalue weighted by Gasteiger charge is 2.29. The van der Waals surface area contributed by atoms with Crippen molar-refractivity contribution in [1.82, 2.24) is 15.5 Å². The Morgan fingerprint density at radius 3 is 2.89 bits per heavy atom. The third-order valence-corrected chi connectivity index (χ3v) is 5.16. The molecule has 1 fully saturated rings. The molecule has 0 bridgehead atoms. The van der Waals surface area contributed by atoms with Gasteiger partial charge in [0, 0.05) is 12.6 Å². The third kappa shape index (κ3) is 3.16. The Kier molecular flexibility index (Phi) is 3.81. The Labute approximate surface area is 109 Å². The van der Waals surface area contributed by atoms with Crippen LogP contribution in [-0.4, -0.2) is 48.6 Å². The maximum absolute atomic E-state index is 11.8. The summed E-state index contributed by atoms with van der Waals surface area (Å²) >= 11 is 1.15. The van der Waals surface area contributed by atoms with Crippen LogP contribution in [0.15, 0.2) is 0 Å². The van der Waals surface area contributed by atoms with Crippen LogP contribution in [0.1, 0.15) is 23.1 Å². The minimum Gasteiger partial charge on any atom is -0.360 e. The molecule has 18 heavy (non-hydrogen) atoms. The molecule has 7 nitrogen and oxygen atoms in total. The summed E-state index contributed by atoms with van der Waals surface area (Å²) in [5.41, 5.74) is 0. The predicted octanol–water partition coefficient (Wildman–Crippen LogP) is -0.113. The van der Waals surface area contributed by atoms with Crippen molar-refractivity contribution >= 4 is 32.2 Å². The van der Waals surface area contributed by atoms with E-state index in [2.05, 4.69) is 20.8 Å². The van der Waals surface area contributed by atoms with Gasteiger partial charge in [-0.05, 0) is 13.3 Å². The largest absolute Gasteiger partial charge is 0.360 e. The number of rotatable bonds is 4. The molecule has 0 radical (unpaired) electrons. The first-order chi connectivity index (χ1) is 8.50. The summed E-state index contributed by atoms with van der Waals surface area (Å²) in [5, 5.41) is 14.0. The Hall–Kier alpha value is -1.22. The second kappa shape index (κ2) is 5.19. The Morgan fingerprint density at radius 2 is 2.28 bits per heavy atom. The van der Waals surface area contributed by atoms with Crippen molar-refractivity contribution in [3.8, 4) is 0 Å². The van der Waals surface area contributed by atoms with E-state index < -0.39 is 9.84 Å². The molecule has 1 unspecified atom stereocenters. The van der Waals surface area contributed by atoms with E-state index in [1.807, 2.05) is 6.92 Å². The lowest BCUT2D eigenvalue weighted by Crippen LogP contribution is -2.35. The van der Waals surface area contributed by atoms with Gasteiger partial charge >= 0.3 is 0 Å². The molecule has 1 aromatic rings. The maximum Gasteiger partial charge on any atom is 0.282 e. The van der Waals surface area contributed by atoms with Crippen LogP contribution in [0, 0.1) is 0 Å². The minimum atomic E-state index is -2.99. The first-order valence-corrected chi connectivity index (χ1v) is 8.22. The van der Waals surface area contributed by atoms with Gasteiger partial charge in [0.05, 0.1) is 11.5 Å². The lowest BCUT2D eigenvalue weighted by molar-refractivity contribution is 0.0940. The van der Waals surface area contributed by atoms with E-state index in [0.29, 0.717) is 18.1 Å². The first kappa shape index (κ1) is 13.2. The lowest BCUT2D eigenvalue weighted by Gasteiger charge is -2.08. The fourth-order valence-corrected chi connectivity index (χ4v) is 4.08. The highest BCUT2D eigenvalue weighted by atomic mass is 32.2. The molecular formula is C9H14N4O3S2. The molecule has 0 spiro atoms. The van der Waals surface area contributed by atoms with Crippen molar-refractivity contribution in [1.29, 1.82) is 0 Å². The van der Waals surface area contributed by atoms with Crippen LogP contribution < -0.4 is 10.6 Å². The normalized spacial score (nSPS) is 21.7. The molecule has 1 amide bonds. The molecule has 1 aliphatic rings. The monoisotopic (exact) mass is 290 g/mol. The quantitative estimate of drug-likeness (QED) is 0.802. The molecule has 1 aliphatic heterocycles. The zero-order valence-electron chi connectivity index (χ0n) is 9.84. The molecular weight excluding hydrogens is 276 g/mol. The van der Waals surface area contributed by atoms with Gasteiger partial charge in [-0.25, -0.2) is 8.42 Å². The number of nitrogens with one attached hydrogen (secondary N) is 2. The van der Waals surface area contributed by atoms with Gasteiger partial charge < -0.3 is 10.6 Å². The molecule has 1 aromatic heterocycles. The smallest absolute Gasteiger partial charge is 0.282 e. The van der Waals surface area contributed by atoms with Crippen LogP contribution >= 0.6 is 11.3 Å². The van der Waals surface area contributed by atoms with Gasteiger partial charge in [0.15, 0.2) is 9.84 Å². The number of amides is 1.